The SMILES string of the molecule is CC1(C(=O)O)Cc2c(F)cccc2C(=O)O1. The van der Waals surface area contributed by atoms with Crippen molar-refractivity contribution < 1.29 is 23.8 Å². The first-order chi connectivity index (χ1) is 7.44. The van der Waals surface area contributed by atoms with Gasteiger partial charge in [-0.25, -0.2) is 14.0 Å². The van der Waals surface area contributed by atoms with Crippen molar-refractivity contribution in [2.24, 2.45) is 0 Å². The van der Waals surface area contributed by atoms with Crippen LogP contribution in [0.3, 0.4) is 0 Å². The quantitative estimate of drug-likeness (QED) is 0.732. The number of halogens is 1. The molecule has 1 aromatic carbocycles. The van der Waals surface area contributed by atoms with E-state index >= 15 is 0 Å². The standard InChI is InChI=1S/C11H9FO4/c1-11(10(14)15)5-7-6(9(13)16-11)3-2-4-8(7)12/h2-4H,5H2,1H3,(H,14,15). The molecule has 0 radical (unpaired) electrons. The molecule has 1 N–H and O–H groups in total. The van der Waals surface area contributed by atoms with Gasteiger partial charge in [0.15, 0.2) is 0 Å². The zero-order valence-corrected chi connectivity index (χ0v) is 8.49. The van der Waals surface area contributed by atoms with Gasteiger partial charge in [0.25, 0.3) is 0 Å². The molecule has 0 saturated carbocycles. The van der Waals surface area contributed by atoms with Gasteiger partial charge in [0, 0.05) is 12.0 Å². The fraction of sp³-hybridized carbons (Fsp3) is 0.273. The fourth-order valence-corrected chi connectivity index (χ4v) is 1.68. The molecule has 0 fully saturated rings. The van der Waals surface area contributed by atoms with Crippen LogP contribution in [0.4, 0.5) is 4.39 Å². The Morgan fingerprint density at radius 1 is 1.56 bits per heavy atom. The number of fused-ring (bicyclic) bond motifs is 1. The van der Waals surface area contributed by atoms with Crippen LogP contribution in [0.15, 0.2) is 18.2 Å². The molecule has 0 amide bonds. The van der Waals surface area contributed by atoms with Gasteiger partial charge < -0.3 is 9.84 Å². The van der Waals surface area contributed by atoms with E-state index in [0.29, 0.717) is 0 Å². The predicted octanol–water partition coefficient (Wildman–Crippen LogP) is 1.38. The van der Waals surface area contributed by atoms with Crippen molar-refractivity contribution in [3.05, 3.63) is 35.1 Å². The molecule has 0 saturated heterocycles. The molecule has 0 spiro atoms. The summed E-state index contributed by atoms with van der Waals surface area (Å²) in [7, 11) is 0. The van der Waals surface area contributed by atoms with Gasteiger partial charge in [0.2, 0.25) is 5.60 Å². The number of rotatable bonds is 1. The number of hydrogen-bond acceptors (Lipinski definition) is 3. The molecular formula is C11H9FO4. The lowest BCUT2D eigenvalue weighted by atomic mass is 9.90. The van der Waals surface area contributed by atoms with Crippen molar-refractivity contribution in [3.8, 4) is 0 Å². The van der Waals surface area contributed by atoms with E-state index in [9.17, 15) is 14.0 Å². The summed E-state index contributed by atoms with van der Waals surface area (Å²) in [6, 6.07) is 4.00. The molecule has 5 heteroatoms. The Kier molecular flexibility index (Phi) is 2.18. The second kappa shape index (κ2) is 3.30. The molecule has 1 aromatic rings. The van der Waals surface area contributed by atoms with E-state index in [0.717, 1.165) is 0 Å². The fourth-order valence-electron chi connectivity index (χ4n) is 1.68. The van der Waals surface area contributed by atoms with E-state index < -0.39 is 23.4 Å². The zero-order valence-electron chi connectivity index (χ0n) is 8.49. The Balaban J connectivity index is 2.54. The summed E-state index contributed by atoms with van der Waals surface area (Å²) in [5, 5.41) is 8.93. The van der Waals surface area contributed by atoms with Crippen molar-refractivity contribution >= 4 is 11.9 Å². The number of benzene rings is 1. The summed E-state index contributed by atoms with van der Waals surface area (Å²) in [6.07, 6.45) is -0.157. The molecule has 1 heterocycles. The molecule has 1 atom stereocenters. The number of carboxylic acids is 1. The van der Waals surface area contributed by atoms with Gasteiger partial charge in [0.1, 0.15) is 5.82 Å². The van der Waals surface area contributed by atoms with E-state index in [1.807, 2.05) is 0 Å². The van der Waals surface area contributed by atoms with Crippen molar-refractivity contribution in [1.29, 1.82) is 0 Å². The minimum absolute atomic E-state index is 0.0960. The summed E-state index contributed by atoms with van der Waals surface area (Å²) in [5.74, 6) is -2.66. The van der Waals surface area contributed by atoms with Crippen molar-refractivity contribution in [3.63, 3.8) is 0 Å². The van der Waals surface area contributed by atoms with Crippen LogP contribution in [0.5, 0.6) is 0 Å². The molecular weight excluding hydrogens is 215 g/mol. The first-order valence-corrected chi connectivity index (χ1v) is 4.68. The zero-order chi connectivity index (χ0) is 11.9. The first kappa shape index (κ1) is 10.6. The molecule has 1 unspecified atom stereocenters. The van der Waals surface area contributed by atoms with Gasteiger partial charge in [-0.05, 0) is 19.1 Å². The van der Waals surface area contributed by atoms with Crippen molar-refractivity contribution in [2.75, 3.05) is 0 Å². The molecule has 0 bridgehead atoms. The normalized spacial score (nSPS) is 23.5. The Hall–Kier alpha value is -1.91. The summed E-state index contributed by atoms with van der Waals surface area (Å²) in [5.41, 5.74) is -1.49. The van der Waals surface area contributed by atoms with Crippen LogP contribution in [0, 0.1) is 5.82 Å². The summed E-state index contributed by atoms with van der Waals surface area (Å²) < 4.78 is 18.3. The number of hydrogen-bond donors (Lipinski definition) is 1. The highest BCUT2D eigenvalue weighted by atomic mass is 19.1. The summed E-state index contributed by atoms with van der Waals surface area (Å²) >= 11 is 0. The van der Waals surface area contributed by atoms with E-state index in [2.05, 4.69) is 0 Å². The average molecular weight is 224 g/mol. The summed E-state index contributed by atoms with van der Waals surface area (Å²) in [6.45, 7) is 1.25. The van der Waals surface area contributed by atoms with Gasteiger partial charge >= 0.3 is 11.9 Å². The lowest BCUT2D eigenvalue weighted by Gasteiger charge is -2.30. The Labute approximate surface area is 90.6 Å². The minimum atomic E-state index is -1.69. The Morgan fingerprint density at radius 3 is 2.88 bits per heavy atom. The van der Waals surface area contributed by atoms with Crippen LogP contribution in [0.2, 0.25) is 0 Å². The molecule has 0 aliphatic carbocycles. The number of esters is 1. The van der Waals surface area contributed by atoms with E-state index in [4.69, 9.17) is 9.84 Å². The lowest BCUT2D eigenvalue weighted by Crippen LogP contribution is -2.46. The van der Waals surface area contributed by atoms with Crippen molar-refractivity contribution in [1.82, 2.24) is 0 Å². The van der Waals surface area contributed by atoms with E-state index in [-0.39, 0.29) is 17.5 Å². The second-order valence-corrected chi connectivity index (χ2v) is 3.87. The van der Waals surface area contributed by atoms with Gasteiger partial charge in [-0.1, -0.05) is 6.07 Å². The van der Waals surface area contributed by atoms with Gasteiger partial charge in [-0.15, -0.1) is 0 Å². The maximum Gasteiger partial charge on any atom is 0.348 e. The van der Waals surface area contributed by atoms with Crippen molar-refractivity contribution in [2.45, 2.75) is 18.9 Å². The number of ether oxygens (including phenoxy) is 1. The number of aliphatic carboxylic acids is 1. The third-order valence-electron chi connectivity index (χ3n) is 2.62. The Morgan fingerprint density at radius 2 is 2.25 bits per heavy atom. The third-order valence-corrected chi connectivity index (χ3v) is 2.62. The first-order valence-electron chi connectivity index (χ1n) is 4.68. The Bertz CT molecular complexity index is 483. The van der Waals surface area contributed by atoms with E-state index in [1.165, 1.54) is 25.1 Å². The monoisotopic (exact) mass is 224 g/mol. The van der Waals surface area contributed by atoms with Crippen LogP contribution in [0.25, 0.3) is 0 Å². The van der Waals surface area contributed by atoms with Gasteiger partial charge in [-0.3, -0.25) is 0 Å². The molecule has 1 aliphatic rings. The number of cyclic esters (lactones) is 1. The molecule has 1 aliphatic heterocycles. The maximum absolute atomic E-state index is 13.5. The number of carboxylic acid groups (broad SMARTS) is 1. The van der Waals surface area contributed by atoms with E-state index in [1.54, 1.807) is 0 Å². The van der Waals surface area contributed by atoms with Gasteiger partial charge in [0.05, 0.1) is 5.56 Å². The molecule has 2 rings (SSSR count). The van der Waals surface area contributed by atoms with Crippen LogP contribution in [0.1, 0.15) is 22.8 Å². The maximum atomic E-state index is 13.5. The second-order valence-electron chi connectivity index (χ2n) is 3.87. The highest BCUT2D eigenvalue weighted by molar-refractivity contribution is 5.96. The third kappa shape index (κ3) is 1.44. The van der Waals surface area contributed by atoms with Crippen LogP contribution < -0.4 is 0 Å². The molecule has 4 nitrogen and oxygen atoms in total. The minimum Gasteiger partial charge on any atom is -0.478 e. The topological polar surface area (TPSA) is 63.6 Å². The van der Waals surface area contributed by atoms with Crippen LogP contribution in [-0.2, 0) is 16.0 Å². The largest absolute Gasteiger partial charge is 0.478 e. The number of carbonyl (C=O) groups is 2. The smallest absolute Gasteiger partial charge is 0.348 e. The highest BCUT2D eigenvalue weighted by Gasteiger charge is 2.43. The van der Waals surface area contributed by atoms with Crippen LogP contribution >= 0.6 is 0 Å². The highest BCUT2D eigenvalue weighted by Crippen LogP contribution is 2.29. The molecule has 16 heavy (non-hydrogen) atoms. The predicted molar refractivity (Wildman–Crippen MR) is 51.6 cm³/mol. The van der Waals surface area contributed by atoms with Crippen LogP contribution in [-0.4, -0.2) is 22.6 Å². The molecule has 84 valence electrons. The summed E-state index contributed by atoms with van der Waals surface area (Å²) in [4.78, 5) is 22.4. The average Bonchev–Trinajstić information content (AvgIpc) is 2.19. The van der Waals surface area contributed by atoms with Gasteiger partial charge in [-0.2, -0.15) is 0 Å². The molecule has 0 aromatic heterocycles. The number of carbonyl (C=O) groups excluding carboxylic acids is 1. The lowest BCUT2D eigenvalue weighted by molar-refractivity contribution is -0.158.